The second kappa shape index (κ2) is 5.45. The fourth-order valence-electron chi connectivity index (χ4n) is 1.65. The van der Waals surface area contributed by atoms with Gasteiger partial charge < -0.3 is 0 Å². The monoisotopic (exact) mass is 310 g/mol. The molecule has 0 aliphatic heterocycles. The highest BCUT2D eigenvalue weighted by molar-refractivity contribution is 7.98. The molecule has 0 amide bonds. The summed E-state index contributed by atoms with van der Waals surface area (Å²) in [5.41, 5.74) is 1.85. The number of halogens is 2. The van der Waals surface area contributed by atoms with Gasteiger partial charge in [0.25, 0.3) is 0 Å². The largest absolute Gasteiger partial charge is 0.235 e. The lowest BCUT2D eigenvalue weighted by Crippen LogP contribution is -1.87. The number of aromatic nitrogens is 2. The van der Waals surface area contributed by atoms with Crippen LogP contribution in [0.2, 0.25) is 5.02 Å². The van der Waals surface area contributed by atoms with Crippen LogP contribution in [0.4, 0.5) is 4.39 Å². The van der Waals surface area contributed by atoms with Crippen LogP contribution in [0.25, 0.3) is 10.2 Å². The number of fused-ring (bicyclic) bond motifs is 1. The molecule has 2 aromatic heterocycles. The molecule has 0 saturated heterocycles. The third-order valence-corrected chi connectivity index (χ3v) is 5.02. The van der Waals surface area contributed by atoms with Gasteiger partial charge in [0.1, 0.15) is 17.2 Å². The highest BCUT2D eigenvalue weighted by atomic mass is 35.5. The first-order valence-corrected chi connectivity index (χ1v) is 7.73. The van der Waals surface area contributed by atoms with Gasteiger partial charge >= 0.3 is 0 Å². The zero-order valence-electron chi connectivity index (χ0n) is 9.64. The van der Waals surface area contributed by atoms with Crippen LogP contribution in [0.15, 0.2) is 41.0 Å². The predicted octanol–water partition coefficient (Wildman–Crippen LogP) is 4.78. The van der Waals surface area contributed by atoms with E-state index in [0.29, 0.717) is 10.8 Å². The Morgan fingerprint density at radius 3 is 3.00 bits per heavy atom. The van der Waals surface area contributed by atoms with Gasteiger partial charge in [-0.15, -0.1) is 23.1 Å². The zero-order valence-corrected chi connectivity index (χ0v) is 12.0. The first-order chi connectivity index (χ1) is 9.24. The molecular formula is C13H8ClFN2S2. The molecule has 3 rings (SSSR count). The molecule has 0 N–H and O–H groups in total. The number of hydrogen-bond donors (Lipinski definition) is 0. The van der Waals surface area contributed by atoms with Gasteiger partial charge in [-0.05, 0) is 29.1 Å². The molecule has 2 heterocycles. The van der Waals surface area contributed by atoms with E-state index in [1.807, 2.05) is 11.4 Å². The normalized spacial score (nSPS) is 11.1. The average molecular weight is 311 g/mol. The van der Waals surface area contributed by atoms with Gasteiger partial charge in [-0.2, -0.15) is 0 Å². The molecule has 3 aromatic rings. The minimum Gasteiger partial charge on any atom is -0.235 e. The summed E-state index contributed by atoms with van der Waals surface area (Å²) in [7, 11) is 0. The summed E-state index contributed by atoms with van der Waals surface area (Å²) < 4.78 is 14.0. The first kappa shape index (κ1) is 12.8. The van der Waals surface area contributed by atoms with Crippen LogP contribution in [-0.4, -0.2) is 9.97 Å². The molecule has 2 nitrogen and oxygen atoms in total. The van der Waals surface area contributed by atoms with E-state index in [9.17, 15) is 4.39 Å². The summed E-state index contributed by atoms with van der Waals surface area (Å²) in [6.07, 6.45) is 1.56. The van der Waals surface area contributed by atoms with E-state index in [2.05, 4.69) is 9.97 Å². The fraction of sp³-hybridized carbons (Fsp3) is 0.0769. The van der Waals surface area contributed by atoms with Crippen molar-refractivity contribution in [1.29, 1.82) is 0 Å². The first-order valence-electron chi connectivity index (χ1n) is 5.49. The van der Waals surface area contributed by atoms with E-state index in [0.717, 1.165) is 20.8 Å². The number of nitrogens with zero attached hydrogens (tertiary/aromatic N) is 2. The summed E-state index contributed by atoms with van der Waals surface area (Å²) >= 11 is 9.21. The van der Waals surface area contributed by atoms with Crippen molar-refractivity contribution in [3.8, 4) is 0 Å². The van der Waals surface area contributed by atoms with E-state index in [1.54, 1.807) is 35.5 Å². The molecule has 96 valence electrons. The van der Waals surface area contributed by atoms with Crippen molar-refractivity contribution < 1.29 is 4.39 Å². The van der Waals surface area contributed by atoms with Gasteiger partial charge in [0.05, 0.1) is 10.2 Å². The van der Waals surface area contributed by atoms with Gasteiger partial charge in [0.15, 0.2) is 0 Å². The van der Waals surface area contributed by atoms with Gasteiger partial charge in [-0.3, -0.25) is 0 Å². The van der Waals surface area contributed by atoms with E-state index in [-0.39, 0.29) is 5.82 Å². The average Bonchev–Trinajstić information content (AvgIpc) is 2.86. The maximum Gasteiger partial charge on any atom is 0.124 e. The number of benzene rings is 1. The third kappa shape index (κ3) is 2.73. The quantitative estimate of drug-likeness (QED) is 0.514. The van der Waals surface area contributed by atoms with Crippen molar-refractivity contribution in [2.45, 2.75) is 10.8 Å². The van der Waals surface area contributed by atoms with Crippen molar-refractivity contribution in [2.75, 3.05) is 0 Å². The van der Waals surface area contributed by atoms with Gasteiger partial charge in [-0.25, -0.2) is 14.4 Å². The zero-order chi connectivity index (χ0) is 13.2. The molecule has 0 unspecified atom stereocenters. The van der Waals surface area contributed by atoms with Gasteiger partial charge in [0, 0.05) is 10.8 Å². The fourth-order valence-corrected chi connectivity index (χ4v) is 3.92. The Labute approximate surface area is 122 Å². The molecule has 0 aliphatic carbocycles. The molecule has 0 aliphatic rings. The maximum atomic E-state index is 13.0. The van der Waals surface area contributed by atoms with Crippen LogP contribution in [0, 0.1) is 5.82 Å². The minimum atomic E-state index is -0.318. The lowest BCUT2D eigenvalue weighted by atomic mass is 10.2. The topological polar surface area (TPSA) is 25.8 Å². The highest BCUT2D eigenvalue weighted by Crippen LogP contribution is 2.32. The van der Waals surface area contributed by atoms with Crippen molar-refractivity contribution in [1.82, 2.24) is 9.97 Å². The number of thiophene rings is 1. The third-order valence-electron chi connectivity index (χ3n) is 2.59. The van der Waals surface area contributed by atoms with Crippen LogP contribution < -0.4 is 0 Å². The van der Waals surface area contributed by atoms with E-state index >= 15 is 0 Å². The molecule has 0 saturated carbocycles. The molecule has 1 aromatic carbocycles. The smallest absolute Gasteiger partial charge is 0.124 e. The molecule has 0 spiro atoms. The Hall–Kier alpha value is -1.17. The number of rotatable bonds is 3. The lowest BCUT2D eigenvalue weighted by molar-refractivity contribution is 0.627. The summed E-state index contributed by atoms with van der Waals surface area (Å²) in [6, 6.07) is 6.43. The number of thioether (sulfide) groups is 1. The molecular weight excluding hydrogens is 303 g/mol. The van der Waals surface area contributed by atoms with Gasteiger partial charge in [0.2, 0.25) is 0 Å². The Balaban J connectivity index is 1.84. The molecule has 0 radical (unpaired) electrons. The Morgan fingerprint density at radius 1 is 1.26 bits per heavy atom. The van der Waals surface area contributed by atoms with Crippen LogP contribution in [0.1, 0.15) is 5.56 Å². The van der Waals surface area contributed by atoms with Crippen molar-refractivity contribution in [2.24, 2.45) is 0 Å². The summed E-state index contributed by atoms with van der Waals surface area (Å²) in [5.74, 6) is 0.338. The summed E-state index contributed by atoms with van der Waals surface area (Å²) in [5, 5.41) is 3.37. The second-order valence-electron chi connectivity index (χ2n) is 3.84. The standard InChI is InChI=1S/C13H8ClFN2S2/c14-10-5-9(15)2-1-8(10)6-19-13-12-11(3-4-18-12)16-7-17-13/h1-5,7H,6H2. The number of hydrogen-bond acceptors (Lipinski definition) is 4. The Kier molecular flexibility index (Phi) is 3.68. The van der Waals surface area contributed by atoms with Crippen LogP contribution in [-0.2, 0) is 5.75 Å². The van der Waals surface area contributed by atoms with Crippen molar-refractivity contribution in [3.05, 3.63) is 52.4 Å². The Bertz CT molecular complexity index is 729. The maximum absolute atomic E-state index is 13.0. The SMILES string of the molecule is Fc1ccc(CSc2ncnc3ccsc23)c(Cl)c1. The Morgan fingerprint density at radius 2 is 2.16 bits per heavy atom. The highest BCUT2D eigenvalue weighted by Gasteiger charge is 2.08. The second-order valence-corrected chi connectivity index (χ2v) is 6.13. The minimum absolute atomic E-state index is 0.318. The van der Waals surface area contributed by atoms with Gasteiger partial charge in [-0.1, -0.05) is 17.7 Å². The molecule has 0 atom stereocenters. The lowest BCUT2D eigenvalue weighted by Gasteiger charge is -2.04. The summed E-state index contributed by atoms with van der Waals surface area (Å²) in [6.45, 7) is 0. The van der Waals surface area contributed by atoms with E-state index < -0.39 is 0 Å². The predicted molar refractivity (Wildman–Crippen MR) is 78.4 cm³/mol. The van der Waals surface area contributed by atoms with Crippen molar-refractivity contribution in [3.63, 3.8) is 0 Å². The molecule has 6 heteroatoms. The van der Waals surface area contributed by atoms with E-state index in [4.69, 9.17) is 11.6 Å². The van der Waals surface area contributed by atoms with Crippen molar-refractivity contribution >= 4 is 44.9 Å². The molecule has 0 bridgehead atoms. The molecule has 0 fully saturated rings. The van der Waals surface area contributed by atoms with E-state index in [1.165, 1.54) is 12.1 Å². The summed E-state index contributed by atoms with van der Waals surface area (Å²) in [4.78, 5) is 8.48. The molecule has 19 heavy (non-hydrogen) atoms. The van der Waals surface area contributed by atoms with Crippen LogP contribution in [0.3, 0.4) is 0 Å². The van der Waals surface area contributed by atoms with Crippen LogP contribution >= 0.6 is 34.7 Å². The van der Waals surface area contributed by atoms with Crippen LogP contribution in [0.5, 0.6) is 0 Å².